The van der Waals surface area contributed by atoms with Crippen molar-refractivity contribution in [2.24, 2.45) is 16.8 Å². The molecule has 2 aromatic carbocycles. The van der Waals surface area contributed by atoms with Crippen LogP contribution in [0, 0.1) is 17.7 Å². The fraction of sp³-hybridized carbons (Fsp3) is 0.379. The number of rotatable bonds is 5. The first-order valence-electron chi connectivity index (χ1n) is 12.9. The van der Waals surface area contributed by atoms with Gasteiger partial charge in [0.15, 0.2) is 0 Å². The molecule has 3 heterocycles. The summed E-state index contributed by atoms with van der Waals surface area (Å²) in [6.07, 6.45) is 6.03. The van der Waals surface area contributed by atoms with Crippen LogP contribution in [-0.2, 0) is 9.59 Å². The van der Waals surface area contributed by atoms with Crippen molar-refractivity contribution in [3.8, 4) is 11.1 Å². The summed E-state index contributed by atoms with van der Waals surface area (Å²) in [4.78, 5) is 38.6. The Kier molecular flexibility index (Phi) is 4.78. The van der Waals surface area contributed by atoms with Gasteiger partial charge in [0.2, 0.25) is 5.91 Å². The van der Waals surface area contributed by atoms with Gasteiger partial charge in [0.25, 0.3) is 5.91 Å². The first-order valence-corrected chi connectivity index (χ1v) is 12.9. The Balaban J connectivity index is 1.15. The van der Waals surface area contributed by atoms with Gasteiger partial charge < -0.3 is 4.90 Å². The molecule has 0 bridgehead atoms. The maximum atomic E-state index is 15.6. The highest BCUT2D eigenvalue weighted by Gasteiger charge is 2.58. The van der Waals surface area contributed by atoms with Crippen molar-refractivity contribution in [2.45, 2.75) is 37.6 Å². The van der Waals surface area contributed by atoms with E-state index in [0.717, 1.165) is 47.8 Å². The summed E-state index contributed by atoms with van der Waals surface area (Å²) < 4.78 is 15.6. The van der Waals surface area contributed by atoms with E-state index < -0.39 is 5.54 Å². The van der Waals surface area contributed by atoms with Crippen molar-refractivity contribution < 1.29 is 14.0 Å². The highest BCUT2D eigenvalue weighted by Crippen LogP contribution is 2.46. The topological polar surface area (TPSA) is 65.9 Å². The number of amides is 2. The molecular weight excluding hydrogens is 455 g/mol. The molecule has 182 valence electrons. The van der Waals surface area contributed by atoms with Gasteiger partial charge in [0.1, 0.15) is 17.2 Å². The summed E-state index contributed by atoms with van der Waals surface area (Å²) >= 11 is 0. The number of halogens is 1. The molecule has 4 aliphatic rings. The third-order valence-electron chi connectivity index (χ3n) is 8.06. The summed E-state index contributed by atoms with van der Waals surface area (Å²) in [7, 11) is 0. The molecule has 36 heavy (non-hydrogen) atoms. The standard InChI is InChI=1S/C29H27FN4O2/c30-24-14-21(22-6-3-19-2-1-12-31-25(19)15-22)7-8-23(24)26-32-29(10-11-29)28(36)34(26)17-18-9-13-33(16-18)27(35)20-4-5-20/h1-3,6-8,12,14-15,18,20H,4-5,9-11,13,16-17H2. The van der Waals surface area contributed by atoms with Gasteiger partial charge in [-0.3, -0.25) is 24.5 Å². The zero-order chi connectivity index (χ0) is 24.4. The first kappa shape index (κ1) is 21.7. The van der Waals surface area contributed by atoms with E-state index in [-0.39, 0.29) is 29.5 Å². The monoisotopic (exact) mass is 482 g/mol. The van der Waals surface area contributed by atoms with Crippen LogP contribution in [0.1, 0.15) is 37.7 Å². The number of pyridine rings is 1. The Labute approximate surface area is 208 Å². The van der Waals surface area contributed by atoms with Crippen LogP contribution in [0.25, 0.3) is 22.0 Å². The Morgan fingerprint density at radius 2 is 1.86 bits per heavy atom. The average Bonchev–Trinajstić information content (AvgIpc) is 3.82. The first-order chi connectivity index (χ1) is 17.5. The molecule has 2 aliphatic heterocycles. The lowest BCUT2D eigenvalue weighted by Crippen LogP contribution is -2.41. The Hall–Kier alpha value is -3.61. The molecule has 7 rings (SSSR count). The van der Waals surface area contributed by atoms with Gasteiger partial charge in [-0.2, -0.15) is 0 Å². The maximum Gasteiger partial charge on any atom is 0.256 e. The zero-order valence-electron chi connectivity index (χ0n) is 20.0. The number of fused-ring (bicyclic) bond motifs is 1. The van der Waals surface area contributed by atoms with Crippen LogP contribution < -0.4 is 0 Å². The summed E-state index contributed by atoms with van der Waals surface area (Å²) in [5.74, 6) is 0.670. The molecule has 7 heteroatoms. The predicted molar refractivity (Wildman–Crippen MR) is 135 cm³/mol. The minimum atomic E-state index is -0.702. The normalized spacial score (nSPS) is 22.5. The Morgan fingerprint density at radius 1 is 1.06 bits per heavy atom. The second-order valence-electron chi connectivity index (χ2n) is 10.7. The molecule has 1 spiro atoms. The molecule has 1 unspecified atom stereocenters. The predicted octanol–water partition coefficient (Wildman–Crippen LogP) is 4.42. The number of aromatic nitrogens is 1. The number of carbonyl (C=O) groups excluding carboxylic acids is 2. The van der Waals surface area contributed by atoms with Gasteiger partial charge in [-0.1, -0.05) is 24.3 Å². The minimum absolute atomic E-state index is 0.0199. The molecule has 2 saturated carbocycles. The van der Waals surface area contributed by atoms with Crippen LogP contribution in [0.4, 0.5) is 4.39 Å². The number of aliphatic imine (C=N–C) groups is 1. The van der Waals surface area contributed by atoms with Crippen LogP contribution in [0.2, 0.25) is 0 Å². The van der Waals surface area contributed by atoms with Crippen molar-refractivity contribution in [3.05, 3.63) is 66.1 Å². The highest BCUT2D eigenvalue weighted by atomic mass is 19.1. The van der Waals surface area contributed by atoms with E-state index in [1.807, 2.05) is 41.3 Å². The van der Waals surface area contributed by atoms with Crippen molar-refractivity contribution in [3.63, 3.8) is 0 Å². The van der Waals surface area contributed by atoms with E-state index in [2.05, 4.69) is 4.98 Å². The quantitative estimate of drug-likeness (QED) is 0.541. The fourth-order valence-corrected chi connectivity index (χ4v) is 5.63. The summed E-state index contributed by atoms with van der Waals surface area (Å²) in [5, 5.41) is 1.03. The van der Waals surface area contributed by atoms with Crippen molar-refractivity contribution in [2.75, 3.05) is 19.6 Å². The molecule has 3 fully saturated rings. The van der Waals surface area contributed by atoms with Crippen molar-refractivity contribution in [1.29, 1.82) is 0 Å². The van der Waals surface area contributed by atoms with Gasteiger partial charge in [-0.15, -0.1) is 0 Å². The molecule has 1 atom stereocenters. The summed E-state index contributed by atoms with van der Waals surface area (Å²) in [6, 6.07) is 15.0. The van der Waals surface area contributed by atoms with Crippen LogP contribution in [0.5, 0.6) is 0 Å². The third kappa shape index (κ3) is 3.60. The Bertz CT molecular complexity index is 1440. The van der Waals surface area contributed by atoms with Gasteiger partial charge in [-0.25, -0.2) is 4.39 Å². The van der Waals surface area contributed by atoms with Crippen LogP contribution in [0.15, 0.2) is 59.7 Å². The van der Waals surface area contributed by atoms with Gasteiger partial charge in [0.05, 0.1) is 11.1 Å². The lowest BCUT2D eigenvalue weighted by molar-refractivity contribution is -0.131. The average molecular weight is 483 g/mol. The van der Waals surface area contributed by atoms with E-state index >= 15 is 4.39 Å². The van der Waals surface area contributed by atoms with Gasteiger partial charge >= 0.3 is 0 Å². The van der Waals surface area contributed by atoms with Crippen LogP contribution in [-0.4, -0.2) is 57.6 Å². The molecule has 0 radical (unpaired) electrons. The molecular formula is C29H27FN4O2. The minimum Gasteiger partial charge on any atom is -0.342 e. The van der Waals surface area contributed by atoms with Crippen LogP contribution in [0.3, 0.4) is 0 Å². The van der Waals surface area contributed by atoms with E-state index in [1.54, 1.807) is 17.2 Å². The number of nitrogens with zero attached hydrogens (tertiary/aromatic N) is 4. The van der Waals surface area contributed by atoms with E-state index in [9.17, 15) is 9.59 Å². The molecule has 3 aromatic rings. The molecule has 6 nitrogen and oxygen atoms in total. The number of likely N-dealkylation sites (tertiary alicyclic amines) is 1. The summed E-state index contributed by atoms with van der Waals surface area (Å²) in [5.41, 5.74) is 2.16. The number of hydrogen-bond acceptors (Lipinski definition) is 4. The van der Waals surface area contributed by atoms with Crippen LogP contribution >= 0.6 is 0 Å². The van der Waals surface area contributed by atoms with Crippen molar-refractivity contribution >= 4 is 28.6 Å². The lowest BCUT2D eigenvalue weighted by atomic mass is 10.0. The lowest BCUT2D eigenvalue weighted by Gasteiger charge is -2.24. The highest BCUT2D eigenvalue weighted by molar-refractivity contribution is 6.16. The van der Waals surface area contributed by atoms with E-state index in [0.29, 0.717) is 37.3 Å². The van der Waals surface area contributed by atoms with E-state index in [4.69, 9.17) is 4.99 Å². The maximum absolute atomic E-state index is 15.6. The van der Waals surface area contributed by atoms with Crippen molar-refractivity contribution in [1.82, 2.24) is 14.8 Å². The van der Waals surface area contributed by atoms with Gasteiger partial charge in [0, 0.05) is 37.1 Å². The number of carbonyl (C=O) groups is 2. The third-order valence-corrected chi connectivity index (χ3v) is 8.06. The Morgan fingerprint density at radius 3 is 2.64 bits per heavy atom. The number of benzene rings is 2. The smallest absolute Gasteiger partial charge is 0.256 e. The molecule has 0 N–H and O–H groups in total. The van der Waals surface area contributed by atoms with E-state index in [1.165, 1.54) is 6.07 Å². The summed E-state index contributed by atoms with van der Waals surface area (Å²) in [6.45, 7) is 1.88. The SMILES string of the molecule is O=C(C1CC1)N1CCC(CN2C(=O)C3(CC3)N=C2c2ccc(-c3ccc4cccnc4c3)cc2F)C1. The second-order valence-corrected chi connectivity index (χ2v) is 10.7. The second kappa shape index (κ2) is 7.95. The molecule has 1 aromatic heterocycles. The number of amidine groups is 1. The zero-order valence-corrected chi connectivity index (χ0v) is 20.0. The largest absolute Gasteiger partial charge is 0.342 e. The molecule has 1 saturated heterocycles. The number of hydrogen-bond donors (Lipinski definition) is 0. The fourth-order valence-electron chi connectivity index (χ4n) is 5.63. The molecule has 2 aliphatic carbocycles. The van der Waals surface area contributed by atoms with Gasteiger partial charge in [-0.05, 0) is 73.4 Å². The molecule has 2 amide bonds.